The van der Waals surface area contributed by atoms with Crippen LogP contribution in [0.25, 0.3) is 0 Å². The summed E-state index contributed by atoms with van der Waals surface area (Å²) in [6.07, 6.45) is 0.596. The molecule has 0 N–H and O–H groups in total. The van der Waals surface area contributed by atoms with Crippen molar-refractivity contribution in [1.29, 1.82) is 0 Å². The minimum absolute atomic E-state index is 0.230. The van der Waals surface area contributed by atoms with E-state index in [-0.39, 0.29) is 11.9 Å². The van der Waals surface area contributed by atoms with E-state index in [1.807, 2.05) is 23.1 Å². The molecule has 0 bridgehead atoms. The molecule has 0 aliphatic carbocycles. The van der Waals surface area contributed by atoms with Crippen molar-refractivity contribution >= 4 is 17.5 Å². The van der Waals surface area contributed by atoms with Gasteiger partial charge in [-0.1, -0.05) is 30.3 Å². The maximum Gasteiger partial charge on any atom is 0.223 e. The average Bonchev–Trinajstić information content (AvgIpc) is 2.77. The lowest BCUT2D eigenvalue weighted by Crippen LogP contribution is -2.35. The van der Waals surface area contributed by atoms with E-state index in [4.69, 9.17) is 11.6 Å². The van der Waals surface area contributed by atoms with Crippen LogP contribution in [-0.4, -0.2) is 48.8 Å². The zero-order chi connectivity index (χ0) is 13.8. The summed E-state index contributed by atoms with van der Waals surface area (Å²) in [6.45, 7) is 1.53. The molecule has 104 valence electrons. The Bertz CT molecular complexity index is 421. The summed E-state index contributed by atoms with van der Waals surface area (Å²) < 4.78 is 0. The van der Waals surface area contributed by atoms with Gasteiger partial charge in [-0.15, -0.1) is 11.6 Å². The second-order valence-corrected chi connectivity index (χ2v) is 5.72. The van der Waals surface area contributed by atoms with Crippen molar-refractivity contribution in [2.45, 2.75) is 12.5 Å². The quantitative estimate of drug-likeness (QED) is 0.773. The Morgan fingerprint density at radius 1 is 1.37 bits per heavy atom. The number of rotatable bonds is 5. The maximum absolute atomic E-state index is 12.0. The van der Waals surface area contributed by atoms with Gasteiger partial charge in [0.15, 0.2) is 0 Å². The van der Waals surface area contributed by atoms with E-state index in [0.29, 0.717) is 18.2 Å². The van der Waals surface area contributed by atoms with E-state index in [9.17, 15) is 4.79 Å². The van der Waals surface area contributed by atoms with E-state index in [2.05, 4.69) is 31.1 Å². The van der Waals surface area contributed by atoms with Crippen LogP contribution in [-0.2, 0) is 4.79 Å². The van der Waals surface area contributed by atoms with Crippen molar-refractivity contribution < 1.29 is 4.79 Å². The van der Waals surface area contributed by atoms with E-state index < -0.39 is 0 Å². The van der Waals surface area contributed by atoms with Gasteiger partial charge in [-0.05, 0) is 25.6 Å². The fraction of sp³-hybridized carbons (Fsp3) is 0.533. The SMILES string of the molecule is CN(C)C(CN1CC(CCl)CC1=O)c1ccccc1. The first-order valence-corrected chi connectivity index (χ1v) is 7.20. The zero-order valence-electron chi connectivity index (χ0n) is 11.6. The molecule has 19 heavy (non-hydrogen) atoms. The fourth-order valence-corrected chi connectivity index (χ4v) is 2.79. The first kappa shape index (κ1) is 14.4. The van der Waals surface area contributed by atoms with Crippen LogP contribution < -0.4 is 0 Å². The van der Waals surface area contributed by atoms with Gasteiger partial charge in [-0.25, -0.2) is 0 Å². The molecule has 1 heterocycles. The highest BCUT2D eigenvalue weighted by atomic mass is 35.5. The Morgan fingerprint density at radius 3 is 2.58 bits per heavy atom. The molecule has 4 heteroatoms. The zero-order valence-corrected chi connectivity index (χ0v) is 12.3. The van der Waals surface area contributed by atoms with Gasteiger partial charge in [-0.3, -0.25) is 4.79 Å². The summed E-state index contributed by atoms with van der Waals surface area (Å²) in [4.78, 5) is 16.1. The second kappa shape index (κ2) is 6.40. The van der Waals surface area contributed by atoms with Crippen LogP contribution in [0.15, 0.2) is 30.3 Å². The van der Waals surface area contributed by atoms with E-state index in [0.717, 1.165) is 13.1 Å². The molecule has 3 nitrogen and oxygen atoms in total. The first-order chi connectivity index (χ1) is 9.11. The van der Waals surface area contributed by atoms with Crippen molar-refractivity contribution in [3.05, 3.63) is 35.9 Å². The number of alkyl halides is 1. The number of likely N-dealkylation sites (N-methyl/N-ethyl adjacent to an activating group) is 1. The molecule has 1 aliphatic rings. The summed E-state index contributed by atoms with van der Waals surface area (Å²) in [5.41, 5.74) is 1.25. The van der Waals surface area contributed by atoms with Crippen molar-refractivity contribution in [1.82, 2.24) is 9.80 Å². The molecule has 0 saturated carbocycles. The molecule has 1 saturated heterocycles. The predicted molar refractivity (Wildman–Crippen MR) is 78.3 cm³/mol. The highest BCUT2D eigenvalue weighted by molar-refractivity contribution is 6.18. The van der Waals surface area contributed by atoms with Crippen LogP contribution >= 0.6 is 11.6 Å². The average molecular weight is 281 g/mol. The van der Waals surface area contributed by atoms with Gasteiger partial charge in [0.2, 0.25) is 5.91 Å². The lowest BCUT2D eigenvalue weighted by molar-refractivity contribution is -0.128. The number of hydrogen-bond acceptors (Lipinski definition) is 2. The van der Waals surface area contributed by atoms with Crippen LogP contribution in [0.1, 0.15) is 18.0 Å². The second-order valence-electron chi connectivity index (χ2n) is 5.41. The van der Waals surface area contributed by atoms with E-state index in [1.165, 1.54) is 5.56 Å². The number of carbonyl (C=O) groups is 1. The number of nitrogens with zero attached hydrogens (tertiary/aromatic N) is 2. The van der Waals surface area contributed by atoms with E-state index in [1.54, 1.807) is 0 Å². The summed E-state index contributed by atoms with van der Waals surface area (Å²) in [6, 6.07) is 10.6. The van der Waals surface area contributed by atoms with Crippen LogP contribution in [0.4, 0.5) is 0 Å². The standard InChI is InChI=1S/C15H21ClN2O/c1-17(2)14(13-6-4-3-5-7-13)11-18-10-12(9-16)8-15(18)19/h3-7,12,14H,8-11H2,1-2H3. The Balaban J connectivity index is 2.08. The molecule has 0 aromatic heterocycles. The Labute approximate surface area is 120 Å². The van der Waals surface area contributed by atoms with Crippen molar-refractivity contribution in [2.24, 2.45) is 5.92 Å². The molecule has 2 unspecified atom stereocenters. The number of amides is 1. The van der Waals surface area contributed by atoms with Crippen molar-refractivity contribution in [2.75, 3.05) is 33.1 Å². The highest BCUT2D eigenvalue weighted by Crippen LogP contribution is 2.25. The lowest BCUT2D eigenvalue weighted by atomic mass is 10.1. The fourth-order valence-electron chi connectivity index (χ4n) is 2.58. The summed E-state index contributed by atoms with van der Waals surface area (Å²) >= 11 is 5.87. The molecule has 2 atom stereocenters. The normalized spacial score (nSPS) is 21.2. The third-order valence-electron chi connectivity index (χ3n) is 3.71. The minimum Gasteiger partial charge on any atom is -0.340 e. The summed E-state index contributed by atoms with van der Waals surface area (Å²) in [5.74, 6) is 1.11. The number of hydrogen-bond donors (Lipinski definition) is 0. The van der Waals surface area contributed by atoms with Crippen molar-refractivity contribution in [3.63, 3.8) is 0 Å². The Hall–Kier alpha value is -1.06. The molecular weight excluding hydrogens is 260 g/mol. The van der Waals surface area contributed by atoms with Crippen LogP contribution in [0.3, 0.4) is 0 Å². The van der Waals surface area contributed by atoms with Gasteiger partial charge in [0, 0.05) is 25.4 Å². The van der Waals surface area contributed by atoms with Crippen LogP contribution in [0, 0.1) is 5.92 Å². The van der Waals surface area contributed by atoms with Gasteiger partial charge in [0.1, 0.15) is 0 Å². The van der Waals surface area contributed by atoms with Gasteiger partial charge in [0.05, 0.1) is 6.04 Å². The minimum atomic E-state index is 0.230. The molecule has 1 fully saturated rings. The van der Waals surface area contributed by atoms with Gasteiger partial charge < -0.3 is 9.80 Å². The topological polar surface area (TPSA) is 23.6 Å². The first-order valence-electron chi connectivity index (χ1n) is 6.67. The number of halogens is 1. The molecule has 1 amide bonds. The molecule has 0 spiro atoms. The van der Waals surface area contributed by atoms with Crippen LogP contribution in [0.2, 0.25) is 0 Å². The lowest BCUT2D eigenvalue weighted by Gasteiger charge is -2.29. The predicted octanol–water partition coefficient (Wildman–Crippen LogP) is 2.38. The largest absolute Gasteiger partial charge is 0.340 e. The number of carbonyl (C=O) groups excluding carboxylic acids is 1. The Kier molecular flexibility index (Phi) is 4.83. The maximum atomic E-state index is 12.0. The monoisotopic (exact) mass is 280 g/mol. The molecular formula is C15H21ClN2O. The van der Waals surface area contributed by atoms with Gasteiger partial charge in [0.25, 0.3) is 0 Å². The smallest absolute Gasteiger partial charge is 0.223 e. The van der Waals surface area contributed by atoms with Gasteiger partial charge in [-0.2, -0.15) is 0 Å². The summed E-state index contributed by atoms with van der Waals surface area (Å²) in [7, 11) is 4.11. The van der Waals surface area contributed by atoms with Crippen LogP contribution in [0.5, 0.6) is 0 Å². The van der Waals surface area contributed by atoms with E-state index >= 15 is 0 Å². The number of benzene rings is 1. The molecule has 1 aromatic carbocycles. The Morgan fingerprint density at radius 2 is 2.05 bits per heavy atom. The summed E-state index contributed by atoms with van der Waals surface area (Å²) in [5, 5.41) is 0. The third-order valence-corrected chi connectivity index (χ3v) is 4.15. The third kappa shape index (κ3) is 3.48. The molecule has 0 radical (unpaired) electrons. The highest BCUT2D eigenvalue weighted by Gasteiger charge is 2.31. The molecule has 2 rings (SSSR count). The van der Waals surface area contributed by atoms with Crippen molar-refractivity contribution in [3.8, 4) is 0 Å². The molecule has 1 aliphatic heterocycles. The number of likely N-dealkylation sites (tertiary alicyclic amines) is 1. The molecule has 1 aromatic rings. The van der Waals surface area contributed by atoms with Gasteiger partial charge >= 0.3 is 0 Å².